The fraction of sp³-hybridized carbons (Fsp3) is 0.100. The van der Waals surface area contributed by atoms with E-state index in [-0.39, 0.29) is 5.82 Å². The zero-order chi connectivity index (χ0) is 11.8. The smallest absolute Gasteiger partial charge is 0.319 e. The molecule has 0 aromatic heterocycles. The van der Waals surface area contributed by atoms with Crippen LogP contribution in [0.4, 0.5) is 10.1 Å². The predicted octanol–water partition coefficient (Wildman–Crippen LogP) is 1.77. The van der Waals surface area contributed by atoms with Gasteiger partial charge in [0.05, 0.1) is 18.1 Å². The van der Waals surface area contributed by atoms with E-state index in [0.29, 0.717) is 5.69 Å². The molecule has 0 heterocycles. The Morgan fingerprint density at radius 1 is 1.50 bits per heavy atom. The van der Waals surface area contributed by atoms with Gasteiger partial charge in [-0.1, -0.05) is 11.2 Å². The van der Waals surface area contributed by atoms with Crippen molar-refractivity contribution >= 4 is 24.1 Å². The molecule has 1 aromatic carbocycles. The van der Waals surface area contributed by atoms with Gasteiger partial charge < -0.3 is 4.84 Å². The molecule has 5 nitrogen and oxygen atoms in total. The predicted molar refractivity (Wildman–Crippen MR) is 58.8 cm³/mol. The average Bonchev–Trinajstić information content (AvgIpc) is 2.23. The first-order valence-electron chi connectivity index (χ1n) is 4.42. The highest BCUT2D eigenvalue weighted by Crippen LogP contribution is 2.08. The van der Waals surface area contributed by atoms with E-state index < -0.39 is 5.97 Å². The largest absolute Gasteiger partial charge is 0.331 e. The molecule has 0 atom stereocenters. The van der Waals surface area contributed by atoms with Crippen LogP contribution in [-0.2, 0) is 9.63 Å². The third kappa shape index (κ3) is 4.85. The number of carbonyl (C=O) groups is 1. The van der Waals surface area contributed by atoms with E-state index in [2.05, 4.69) is 20.5 Å². The molecule has 16 heavy (non-hydrogen) atoms. The number of nitrogens with one attached hydrogen (secondary N) is 1. The van der Waals surface area contributed by atoms with Crippen molar-refractivity contribution < 1.29 is 14.0 Å². The lowest BCUT2D eigenvalue weighted by Gasteiger charge is -1.97. The van der Waals surface area contributed by atoms with Crippen LogP contribution in [0.5, 0.6) is 0 Å². The number of nitrogens with zero attached hydrogens (tertiary/aromatic N) is 2. The van der Waals surface area contributed by atoms with Gasteiger partial charge in [0.15, 0.2) is 0 Å². The van der Waals surface area contributed by atoms with Gasteiger partial charge in [-0.2, -0.15) is 5.10 Å². The lowest BCUT2D eigenvalue weighted by molar-refractivity contribution is -0.140. The number of carbonyl (C=O) groups excluding carboxylic acids is 1. The zero-order valence-corrected chi connectivity index (χ0v) is 8.55. The summed E-state index contributed by atoms with van der Waals surface area (Å²) in [6, 6.07) is 5.83. The third-order valence-electron chi connectivity index (χ3n) is 1.40. The quantitative estimate of drug-likeness (QED) is 0.480. The minimum absolute atomic E-state index is 0.353. The Balaban J connectivity index is 2.37. The normalized spacial score (nSPS) is 10.9. The van der Waals surface area contributed by atoms with E-state index in [1.165, 1.54) is 31.5 Å². The first kappa shape index (κ1) is 11.8. The number of hydrazone groups is 1. The van der Waals surface area contributed by atoms with Crippen LogP contribution in [-0.4, -0.2) is 18.4 Å². The lowest BCUT2D eigenvalue weighted by Crippen LogP contribution is -1.93. The van der Waals surface area contributed by atoms with Crippen molar-refractivity contribution in [3.8, 4) is 0 Å². The molecule has 84 valence electrons. The topological polar surface area (TPSA) is 63.0 Å². The van der Waals surface area contributed by atoms with Gasteiger partial charge in [0.2, 0.25) is 0 Å². The first-order chi connectivity index (χ1) is 7.68. The number of rotatable bonds is 4. The van der Waals surface area contributed by atoms with Crippen molar-refractivity contribution in [2.24, 2.45) is 10.3 Å². The molecule has 0 bridgehead atoms. The number of hydrogen-bond donors (Lipinski definition) is 1. The molecule has 0 aliphatic rings. The van der Waals surface area contributed by atoms with Crippen LogP contribution >= 0.6 is 0 Å². The molecule has 0 saturated heterocycles. The van der Waals surface area contributed by atoms with Crippen molar-refractivity contribution in [2.45, 2.75) is 6.92 Å². The molecule has 1 rings (SSSR count). The Bertz CT molecular complexity index is 418. The number of halogens is 1. The van der Waals surface area contributed by atoms with Gasteiger partial charge in [0, 0.05) is 6.92 Å². The summed E-state index contributed by atoms with van der Waals surface area (Å²) in [5, 5.41) is 6.98. The molecule has 0 aliphatic carbocycles. The first-order valence-corrected chi connectivity index (χ1v) is 4.42. The SMILES string of the molecule is CC(=O)O/N=C/C=N/Nc1cccc(F)c1. The maximum Gasteiger partial charge on any atom is 0.331 e. The molecule has 0 amide bonds. The van der Waals surface area contributed by atoms with E-state index in [1.807, 2.05) is 0 Å². The second-order valence-corrected chi connectivity index (χ2v) is 2.74. The molecular formula is C10H10FN3O2. The van der Waals surface area contributed by atoms with E-state index in [9.17, 15) is 9.18 Å². The van der Waals surface area contributed by atoms with Crippen LogP contribution in [0.25, 0.3) is 0 Å². The van der Waals surface area contributed by atoms with Crippen LogP contribution in [0.1, 0.15) is 6.92 Å². The van der Waals surface area contributed by atoms with Gasteiger partial charge in [-0.3, -0.25) is 5.43 Å². The monoisotopic (exact) mass is 223 g/mol. The third-order valence-corrected chi connectivity index (χ3v) is 1.40. The minimum Gasteiger partial charge on any atom is -0.319 e. The van der Waals surface area contributed by atoms with E-state index in [1.54, 1.807) is 12.1 Å². The maximum absolute atomic E-state index is 12.7. The lowest BCUT2D eigenvalue weighted by atomic mass is 10.3. The van der Waals surface area contributed by atoms with Gasteiger partial charge in [0.25, 0.3) is 0 Å². The molecular weight excluding hydrogens is 213 g/mol. The summed E-state index contributed by atoms with van der Waals surface area (Å²) in [7, 11) is 0. The standard InChI is InChI=1S/C10H10FN3O2/c1-8(15)16-13-6-5-12-14-10-4-2-3-9(11)7-10/h2-7,14H,1H3/b12-5+,13-6+. The van der Waals surface area contributed by atoms with Crippen LogP contribution in [0, 0.1) is 5.82 Å². The Kier molecular flexibility index (Phi) is 4.65. The Morgan fingerprint density at radius 3 is 3.00 bits per heavy atom. The summed E-state index contributed by atoms with van der Waals surface area (Å²) in [5.41, 5.74) is 3.08. The summed E-state index contributed by atoms with van der Waals surface area (Å²) in [4.78, 5) is 14.6. The molecule has 6 heteroatoms. The van der Waals surface area contributed by atoms with Crippen molar-refractivity contribution in [1.82, 2.24) is 0 Å². The van der Waals surface area contributed by atoms with E-state index >= 15 is 0 Å². The molecule has 0 spiro atoms. The molecule has 1 N–H and O–H groups in total. The summed E-state index contributed by atoms with van der Waals surface area (Å²) in [5.74, 6) is -0.864. The Morgan fingerprint density at radius 2 is 2.31 bits per heavy atom. The molecule has 0 fully saturated rings. The fourth-order valence-electron chi connectivity index (χ4n) is 0.835. The summed E-state index contributed by atoms with van der Waals surface area (Å²) >= 11 is 0. The minimum atomic E-state index is -0.511. The van der Waals surface area contributed by atoms with Gasteiger partial charge in [0.1, 0.15) is 5.82 Å². The van der Waals surface area contributed by atoms with Crippen molar-refractivity contribution in [2.75, 3.05) is 5.43 Å². The average molecular weight is 223 g/mol. The summed E-state index contributed by atoms with van der Waals surface area (Å²) < 4.78 is 12.7. The Hall–Kier alpha value is -2.24. The molecule has 0 saturated carbocycles. The van der Waals surface area contributed by atoms with Crippen LogP contribution in [0.3, 0.4) is 0 Å². The maximum atomic E-state index is 12.7. The van der Waals surface area contributed by atoms with E-state index in [4.69, 9.17) is 0 Å². The Labute approximate surface area is 91.6 Å². The van der Waals surface area contributed by atoms with Crippen molar-refractivity contribution in [3.05, 3.63) is 30.1 Å². The molecule has 0 radical (unpaired) electrons. The number of benzene rings is 1. The van der Waals surface area contributed by atoms with Gasteiger partial charge in [-0.05, 0) is 18.2 Å². The highest BCUT2D eigenvalue weighted by atomic mass is 19.1. The fourth-order valence-corrected chi connectivity index (χ4v) is 0.835. The van der Waals surface area contributed by atoms with Crippen molar-refractivity contribution in [3.63, 3.8) is 0 Å². The molecule has 0 aliphatic heterocycles. The van der Waals surface area contributed by atoms with Crippen LogP contribution < -0.4 is 5.43 Å². The van der Waals surface area contributed by atoms with E-state index in [0.717, 1.165) is 0 Å². The number of anilines is 1. The van der Waals surface area contributed by atoms with Crippen LogP contribution in [0.2, 0.25) is 0 Å². The second-order valence-electron chi connectivity index (χ2n) is 2.74. The number of oxime groups is 1. The molecule has 0 unspecified atom stereocenters. The molecule has 1 aromatic rings. The summed E-state index contributed by atoms with van der Waals surface area (Å²) in [6.45, 7) is 1.24. The zero-order valence-electron chi connectivity index (χ0n) is 8.55. The van der Waals surface area contributed by atoms with Gasteiger partial charge in [-0.15, -0.1) is 0 Å². The highest BCUT2D eigenvalue weighted by molar-refractivity contribution is 6.16. The van der Waals surface area contributed by atoms with Crippen molar-refractivity contribution in [1.29, 1.82) is 0 Å². The second kappa shape index (κ2) is 6.28. The highest BCUT2D eigenvalue weighted by Gasteiger charge is 1.90. The number of hydrogen-bond acceptors (Lipinski definition) is 5. The van der Waals surface area contributed by atoms with Gasteiger partial charge in [-0.25, -0.2) is 9.18 Å². The van der Waals surface area contributed by atoms with Crippen LogP contribution in [0.15, 0.2) is 34.5 Å². The van der Waals surface area contributed by atoms with Gasteiger partial charge >= 0.3 is 5.97 Å². The summed E-state index contributed by atoms with van der Waals surface area (Å²) in [6.07, 6.45) is 2.46.